The molecular weight excluding hydrogens is 308 g/mol. The summed E-state index contributed by atoms with van der Waals surface area (Å²) in [4.78, 5) is 6.77. The monoisotopic (exact) mass is 326 g/mol. The minimum Gasteiger partial charge on any atom is -0.382 e. The maximum Gasteiger partial charge on any atom is 0.185 e. The van der Waals surface area contributed by atoms with Gasteiger partial charge in [0.05, 0.1) is 5.69 Å². The lowest BCUT2D eigenvalue weighted by Crippen LogP contribution is -2.39. The number of anilines is 2. The van der Waals surface area contributed by atoms with Crippen LogP contribution in [0.1, 0.15) is 12.8 Å². The molecule has 1 N–H and O–H groups in total. The van der Waals surface area contributed by atoms with Crippen LogP contribution in [-0.4, -0.2) is 38.9 Å². The van der Waals surface area contributed by atoms with Crippen molar-refractivity contribution in [2.24, 2.45) is 0 Å². The third-order valence-corrected chi connectivity index (χ3v) is 4.95. The molecule has 1 aliphatic rings. The van der Waals surface area contributed by atoms with Gasteiger partial charge in [0.2, 0.25) is 0 Å². The van der Waals surface area contributed by atoms with Gasteiger partial charge >= 0.3 is 0 Å². The molecule has 1 aromatic carbocycles. The van der Waals surface area contributed by atoms with Crippen LogP contribution in [-0.2, 0) is 0 Å². The third-order valence-electron chi connectivity index (χ3n) is 4.12. The second-order valence-electron chi connectivity index (χ2n) is 5.64. The van der Waals surface area contributed by atoms with E-state index in [0.717, 1.165) is 42.4 Å². The molecule has 7 heteroatoms. The molecule has 0 radical (unpaired) electrons. The molecule has 0 amide bonds. The highest BCUT2D eigenvalue weighted by atomic mass is 32.1. The molecule has 0 bridgehead atoms. The fourth-order valence-corrected chi connectivity index (χ4v) is 3.61. The van der Waals surface area contributed by atoms with Crippen LogP contribution in [0.2, 0.25) is 0 Å². The lowest BCUT2D eigenvalue weighted by molar-refractivity contribution is 0.526. The van der Waals surface area contributed by atoms with Crippen molar-refractivity contribution in [1.29, 1.82) is 0 Å². The number of benzene rings is 1. The predicted octanol–water partition coefficient (Wildman–Crippen LogP) is 2.80. The average molecular weight is 326 g/mol. The Morgan fingerprint density at radius 1 is 1.13 bits per heavy atom. The standard InChI is InChI=1S/C16H18N6S/c1-2-14(10-15(3-1)22-11-18-19-12-22)20-13-4-7-21(8-5-13)16-17-6-9-23-16/h1-3,6,9-13,20H,4-5,7-8H2. The summed E-state index contributed by atoms with van der Waals surface area (Å²) in [6.07, 6.45) is 7.55. The highest BCUT2D eigenvalue weighted by Crippen LogP contribution is 2.24. The van der Waals surface area contributed by atoms with Crippen LogP contribution in [0.4, 0.5) is 10.8 Å². The van der Waals surface area contributed by atoms with Crippen molar-refractivity contribution in [3.8, 4) is 5.69 Å². The van der Waals surface area contributed by atoms with Gasteiger partial charge in [-0.25, -0.2) is 4.98 Å². The Kier molecular flexibility index (Phi) is 3.94. The van der Waals surface area contributed by atoms with Crippen LogP contribution in [0.25, 0.3) is 5.69 Å². The fraction of sp³-hybridized carbons (Fsp3) is 0.312. The van der Waals surface area contributed by atoms with E-state index in [9.17, 15) is 0 Å². The molecule has 23 heavy (non-hydrogen) atoms. The number of thiazole rings is 1. The molecule has 1 fully saturated rings. The summed E-state index contributed by atoms with van der Waals surface area (Å²) in [5.41, 5.74) is 2.21. The third kappa shape index (κ3) is 3.19. The Morgan fingerprint density at radius 3 is 2.70 bits per heavy atom. The number of nitrogens with one attached hydrogen (secondary N) is 1. The zero-order valence-electron chi connectivity index (χ0n) is 12.7. The molecule has 0 aliphatic carbocycles. The Hall–Kier alpha value is -2.41. The summed E-state index contributed by atoms with van der Waals surface area (Å²) < 4.78 is 1.91. The average Bonchev–Trinajstić information content (AvgIpc) is 3.30. The van der Waals surface area contributed by atoms with Crippen LogP contribution in [0.15, 0.2) is 48.5 Å². The van der Waals surface area contributed by atoms with Crippen molar-refractivity contribution in [2.75, 3.05) is 23.3 Å². The first kappa shape index (κ1) is 14.2. The quantitative estimate of drug-likeness (QED) is 0.799. The topological polar surface area (TPSA) is 58.9 Å². The Balaban J connectivity index is 1.39. The molecule has 6 nitrogen and oxygen atoms in total. The molecule has 0 unspecified atom stereocenters. The van der Waals surface area contributed by atoms with Gasteiger partial charge in [0, 0.05) is 36.4 Å². The summed E-state index contributed by atoms with van der Waals surface area (Å²) in [7, 11) is 0. The molecule has 4 rings (SSSR count). The smallest absolute Gasteiger partial charge is 0.185 e. The molecular formula is C16H18N6S. The van der Waals surface area contributed by atoms with Crippen LogP contribution >= 0.6 is 11.3 Å². The van der Waals surface area contributed by atoms with Crippen molar-refractivity contribution < 1.29 is 0 Å². The zero-order chi connectivity index (χ0) is 15.5. The maximum absolute atomic E-state index is 4.40. The first-order valence-electron chi connectivity index (χ1n) is 7.74. The van der Waals surface area contributed by atoms with E-state index in [2.05, 4.69) is 49.7 Å². The van der Waals surface area contributed by atoms with Crippen molar-refractivity contribution in [1.82, 2.24) is 19.7 Å². The number of aromatic nitrogens is 4. The van der Waals surface area contributed by atoms with E-state index >= 15 is 0 Å². The summed E-state index contributed by atoms with van der Waals surface area (Å²) in [5, 5.41) is 14.5. The van der Waals surface area contributed by atoms with Crippen LogP contribution in [0, 0.1) is 0 Å². The van der Waals surface area contributed by atoms with Crippen molar-refractivity contribution in [3.63, 3.8) is 0 Å². The second kappa shape index (κ2) is 6.37. The van der Waals surface area contributed by atoms with E-state index in [-0.39, 0.29) is 0 Å². The maximum atomic E-state index is 4.40. The van der Waals surface area contributed by atoms with Gasteiger partial charge in [0.1, 0.15) is 12.7 Å². The van der Waals surface area contributed by atoms with E-state index in [1.165, 1.54) is 0 Å². The Labute approximate surface area is 138 Å². The van der Waals surface area contributed by atoms with Gasteiger partial charge in [0.25, 0.3) is 0 Å². The Morgan fingerprint density at radius 2 is 1.96 bits per heavy atom. The summed E-state index contributed by atoms with van der Waals surface area (Å²) in [5.74, 6) is 0. The lowest BCUT2D eigenvalue weighted by atomic mass is 10.0. The molecule has 3 aromatic rings. The van der Waals surface area contributed by atoms with Gasteiger partial charge < -0.3 is 10.2 Å². The van der Waals surface area contributed by atoms with E-state index < -0.39 is 0 Å². The minimum atomic E-state index is 0.502. The lowest BCUT2D eigenvalue weighted by Gasteiger charge is -2.32. The number of hydrogen-bond acceptors (Lipinski definition) is 6. The minimum absolute atomic E-state index is 0.502. The van der Waals surface area contributed by atoms with Crippen molar-refractivity contribution in [2.45, 2.75) is 18.9 Å². The molecule has 3 heterocycles. The fourth-order valence-electron chi connectivity index (χ4n) is 2.91. The molecule has 1 aliphatic heterocycles. The number of piperidine rings is 1. The van der Waals surface area contributed by atoms with Gasteiger partial charge in [-0.3, -0.25) is 4.57 Å². The van der Waals surface area contributed by atoms with Gasteiger partial charge in [-0.05, 0) is 31.0 Å². The van der Waals surface area contributed by atoms with Gasteiger partial charge in [-0.15, -0.1) is 21.5 Å². The van der Waals surface area contributed by atoms with Crippen molar-refractivity contribution >= 4 is 22.2 Å². The number of hydrogen-bond donors (Lipinski definition) is 1. The molecule has 1 saturated heterocycles. The van der Waals surface area contributed by atoms with E-state index in [0.29, 0.717) is 6.04 Å². The second-order valence-corrected chi connectivity index (χ2v) is 6.51. The number of rotatable bonds is 4. The van der Waals surface area contributed by atoms with Crippen LogP contribution in [0.3, 0.4) is 0 Å². The molecule has 0 saturated carbocycles. The normalized spacial score (nSPS) is 15.7. The van der Waals surface area contributed by atoms with E-state index in [4.69, 9.17) is 0 Å². The Bertz CT molecular complexity index is 732. The van der Waals surface area contributed by atoms with Gasteiger partial charge in [0.15, 0.2) is 5.13 Å². The molecule has 0 atom stereocenters. The highest BCUT2D eigenvalue weighted by molar-refractivity contribution is 7.13. The number of nitrogens with zero attached hydrogens (tertiary/aromatic N) is 5. The zero-order valence-corrected chi connectivity index (χ0v) is 13.5. The largest absolute Gasteiger partial charge is 0.382 e. The van der Waals surface area contributed by atoms with E-state index in [1.54, 1.807) is 24.0 Å². The predicted molar refractivity (Wildman–Crippen MR) is 92.3 cm³/mol. The summed E-state index contributed by atoms with van der Waals surface area (Å²) in [6.45, 7) is 2.10. The summed E-state index contributed by atoms with van der Waals surface area (Å²) >= 11 is 1.71. The summed E-state index contributed by atoms with van der Waals surface area (Å²) in [6, 6.07) is 8.86. The molecule has 118 valence electrons. The van der Waals surface area contributed by atoms with Crippen molar-refractivity contribution in [3.05, 3.63) is 48.5 Å². The van der Waals surface area contributed by atoms with Crippen LogP contribution < -0.4 is 10.2 Å². The SMILES string of the molecule is c1cc(NC2CCN(c3nccs3)CC2)cc(-n2cnnc2)c1. The first-order valence-corrected chi connectivity index (χ1v) is 8.62. The van der Waals surface area contributed by atoms with E-state index in [1.807, 2.05) is 16.1 Å². The van der Waals surface area contributed by atoms with Crippen LogP contribution in [0.5, 0.6) is 0 Å². The highest BCUT2D eigenvalue weighted by Gasteiger charge is 2.20. The molecule has 0 spiro atoms. The van der Waals surface area contributed by atoms with Gasteiger partial charge in [-0.1, -0.05) is 6.07 Å². The molecule has 2 aromatic heterocycles. The first-order chi connectivity index (χ1) is 11.4. The van der Waals surface area contributed by atoms with Gasteiger partial charge in [-0.2, -0.15) is 0 Å².